The zero-order valence-corrected chi connectivity index (χ0v) is 12.2. The molecule has 6 heteroatoms. The predicted octanol–water partition coefficient (Wildman–Crippen LogP) is 2.22. The van der Waals surface area contributed by atoms with E-state index >= 15 is 0 Å². The van der Waals surface area contributed by atoms with Crippen LogP contribution in [0.2, 0.25) is 0 Å². The fourth-order valence-corrected chi connectivity index (χ4v) is 2.48. The lowest BCUT2D eigenvalue weighted by Gasteiger charge is -2.09. The first-order chi connectivity index (χ1) is 9.65. The van der Waals surface area contributed by atoms with E-state index in [1.165, 1.54) is 6.26 Å². The average Bonchev–Trinajstić information content (AvgIpc) is 3.07. The van der Waals surface area contributed by atoms with E-state index < -0.39 is 6.10 Å². The van der Waals surface area contributed by atoms with E-state index in [1.807, 2.05) is 12.3 Å². The number of thiazole rings is 1. The quantitative estimate of drug-likeness (QED) is 0.821. The summed E-state index contributed by atoms with van der Waals surface area (Å²) in [7, 11) is 0. The molecule has 1 amide bonds. The van der Waals surface area contributed by atoms with Gasteiger partial charge < -0.3 is 14.8 Å². The Balaban J connectivity index is 1.63. The van der Waals surface area contributed by atoms with E-state index in [2.05, 4.69) is 10.3 Å². The van der Waals surface area contributed by atoms with Crippen molar-refractivity contribution in [3.8, 4) is 0 Å². The van der Waals surface area contributed by atoms with E-state index in [0.29, 0.717) is 12.2 Å². The van der Waals surface area contributed by atoms with Gasteiger partial charge in [0.05, 0.1) is 23.5 Å². The van der Waals surface area contributed by atoms with Crippen LogP contribution in [0, 0.1) is 6.92 Å². The summed E-state index contributed by atoms with van der Waals surface area (Å²) in [5.74, 6) is 0.394. The number of nitrogens with zero attached hydrogens (tertiary/aromatic N) is 1. The fraction of sp³-hybridized carbons (Fsp3) is 0.429. The monoisotopic (exact) mass is 294 g/mol. The SMILES string of the molecule is Cc1nc(CCCC(=O)NCC(O)c2ccco2)cs1. The van der Waals surface area contributed by atoms with Gasteiger partial charge in [0, 0.05) is 11.8 Å². The second-order valence-electron chi connectivity index (χ2n) is 4.55. The second kappa shape index (κ2) is 7.21. The van der Waals surface area contributed by atoms with Gasteiger partial charge in [-0.3, -0.25) is 4.79 Å². The Hall–Kier alpha value is -1.66. The Morgan fingerprint density at radius 1 is 1.60 bits per heavy atom. The van der Waals surface area contributed by atoms with E-state index in [0.717, 1.165) is 23.5 Å². The molecule has 0 aliphatic carbocycles. The standard InChI is InChI=1S/C14H18N2O3S/c1-10-16-11(9-20-10)4-2-6-14(18)15-8-12(17)13-5-3-7-19-13/h3,5,7,9,12,17H,2,4,6,8H2,1H3,(H,15,18). The molecular weight excluding hydrogens is 276 g/mol. The molecule has 2 aromatic rings. The van der Waals surface area contributed by atoms with Gasteiger partial charge in [0.1, 0.15) is 11.9 Å². The predicted molar refractivity (Wildman–Crippen MR) is 76.5 cm³/mol. The molecule has 0 bridgehead atoms. The van der Waals surface area contributed by atoms with Crippen LogP contribution < -0.4 is 5.32 Å². The number of aromatic nitrogens is 1. The Labute approximate surface area is 121 Å². The molecule has 5 nitrogen and oxygen atoms in total. The molecule has 1 atom stereocenters. The molecule has 1 unspecified atom stereocenters. The van der Waals surface area contributed by atoms with Gasteiger partial charge in [-0.15, -0.1) is 11.3 Å². The summed E-state index contributed by atoms with van der Waals surface area (Å²) in [5.41, 5.74) is 1.04. The Kier molecular flexibility index (Phi) is 5.31. The van der Waals surface area contributed by atoms with Crippen LogP contribution in [0.15, 0.2) is 28.2 Å². The third kappa shape index (κ3) is 4.47. The van der Waals surface area contributed by atoms with Crippen molar-refractivity contribution in [2.75, 3.05) is 6.54 Å². The number of hydrogen-bond donors (Lipinski definition) is 2. The van der Waals surface area contributed by atoms with E-state index in [9.17, 15) is 9.90 Å². The summed E-state index contributed by atoms with van der Waals surface area (Å²) < 4.78 is 5.06. The van der Waals surface area contributed by atoms with Gasteiger partial charge in [0.25, 0.3) is 0 Å². The highest BCUT2D eigenvalue weighted by Gasteiger charge is 2.11. The molecule has 0 saturated carbocycles. The molecule has 2 aromatic heterocycles. The topological polar surface area (TPSA) is 75.4 Å². The lowest BCUT2D eigenvalue weighted by Crippen LogP contribution is -2.28. The molecule has 0 spiro atoms. The molecule has 0 aliphatic rings. The molecule has 0 aromatic carbocycles. The minimum atomic E-state index is -0.796. The molecule has 2 rings (SSSR count). The van der Waals surface area contributed by atoms with Gasteiger partial charge in [-0.1, -0.05) is 0 Å². The number of hydrogen-bond acceptors (Lipinski definition) is 5. The fourth-order valence-electron chi connectivity index (χ4n) is 1.83. The van der Waals surface area contributed by atoms with Gasteiger partial charge in [-0.05, 0) is 31.9 Å². The summed E-state index contributed by atoms with van der Waals surface area (Å²) in [5, 5.41) is 15.5. The lowest BCUT2D eigenvalue weighted by atomic mass is 10.2. The first-order valence-electron chi connectivity index (χ1n) is 6.54. The first-order valence-corrected chi connectivity index (χ1v) is 7.42. The van der Waals surface area contributed by atoms with Crippen molar-refractivity contribution in [3.63, 3.8) is 0 Å². The van der Waals surface area contributed by atoms with Crippen molar-refractivity contribution >= 4 is 17.2 Å². The molecule has 0 fully saturated rings. The number of nitrogens with one attached hydrogen (secondary N) is 1. The van der Waals surface area contributed by atoms with Crippen molar-refractivity contribution in [2.45, 2.75) is 32.3 Å². The van der Waals surface area contributed by atoms with Crippen molar-refractivity contribution in [2.24, 2.45) is 0 Å². The number of aliphatic hydroxyl groups excluding tert-OH is 1. The lowest BCUT2D eigenvalue weighted by molar-refractivity contribution is -0.121. The van der Waals surface area contributed by atoms with Crippen LogP contribution in [-0.2, 0) is 11.2 Å². The van der Waals surface area contributed by atoms with Crippen molar-refractivity contribution in [1.82, 2.24) is 10.3 Å². The third-order valence-electron chi connectivity index (χ3n) is 2.87. The number of furan rings is 1. The maximum absolute atomic E-state index is 11.6. The average molecular weight is 294 g/mol. The Morgan fingerprint density at radius 3 is 3.10 bits per heavy atom. The number of aryl methyl sites for hydroxylation is 2. The summed E-state index contributed by atoms with van der Waals surface area (Å²) in [4.78, 5) is 16.0. The molecule has 2 heterocycles. The molecule has 108 valence electrons. The van der Waals surface area contributed by atoms with Crippen molar-refractivity contribution in [3.05, 3.63) is 40.2 Å². The highest BCUT2D eigenvalue weighted by molar-refractivity contribution is 7.09. The van der Waals surface area contributed by atoms with Gasteiger partial charge in [0.2, 0.25) is 5.91 Å². The van der Waals surface area contributed by atoms with E-state index in [-0.39, 0.29) is 12.5 Å². The van der Waals surface area contributed by atoms with Crippen molar-refractivity contribution in [1.29, 1.82) is 0 Å². The third-order valence-corrected chi connectivity index (χ3v) is 3.69. The summed E-state index contributed by atoms with van der Waals surface area (Å²) in [6.45, 7) is 2.14. The number of rotatable bonds is 7. The van der Waals surface area contributed by atoms with Gasteiger partial charge in [0.15, 0.2) is 0 Å². The number of aliphatic hydroxyl groups is 1. The zero-order valence-electron chi connectivity index (χ0n) is 11.3. The van der Waals surface area contributed by atoms with Crippen LogP contribution in [0.4, 0.5) is 0 Å². The minimum absolute atomic E-state index is 0.0671. The first kappa shape index (κ1) is 14.7. The smallest absolute Gasteiger partial charge is 0.220 e. The van der Waals surface area contributed by atoms with Gasteiger partial charge in [-0.2, -0.15) is 0 Å². The minimum Gasteiger partial charge on any atom is -0.467 e. The van der Waals surface area contributed by atoms with Crippen LogP contribution in [0.5, 0.6) is 0 Å². The maximum atomic E-state index is 11.6. The number of carbonyl (C=O) groups is 1. The van der Waals surface area contributed by atoms with E-state index in [1.54, 1.807) is 23.5 Å². The van der Waals surface area contributed by atoms with Crippen LogP contribution in [0.25, 0.3) is 0 Å². The van der Waals surface area contributed by atoms with Crippen LogP contribution in [0.3, 0.4) is 0 Å². The molecule has 0 aliphatic heterocycles. The zero-order chi connectivity index (χ0) is 14.4. The molecular formula is C14H18N2O3S. The number of carbonyl (C=O) groups excluding carboxylic acids is 1. The highest BCUT2D eigenvalue weighted by Crippen LogP contribution is 2.12. The molecule has 0 saturated heterocycles. The summed E-state index contributed by atoms with van der Waals surface area (Å²) in [6, 6.07) is 3.39. The van der Waals surface area contributed by atoms with Gasteiger partial charge in [-0.25, -0.2) is 4.98 Å². The Bertz CT molecular complexity index is 536. The van der Waals surface area contributed by atoms with Crippen LogP contribution in [-0.4, -0.2) is 22.5 Å². The summed E-state index contributed by atoms with van der Waals surface area (Å²) >= 11 is 1.62. The highest BCUT2D eigenvalue weighted by atomic mass is 32.1. The van der Waals surface area contributed by atoms with Gasteiger partial charge >= 0.3 is 0 Å². The van der Waals surface area contributed by atoms with Crippen LogP contribution >= 0.6 is 11.3 Å². The Morgan fingerprint density at radius 2 is 2.45 bits per heavy atom. The molecule has 2 N–H and O–H groups in total. The van der Waals surface area contributed by atoms with Crippen molar-refractivity contribution < 1.29 is 14.3 Å². The largest absolute Gasteiger partial charge is 0.467 e. The van der Waals surface area contributed by atoms with E-state index in [4.69, 9.17) is 4.42 Å². The normalized spacial score (nSPS) is 12.3. The summed E-state index contributed by atoms with van der Waals surface area (Å²) in [6.07, 6.45) is 2.69. The molecule has 0 radical (unpaired) electrons. The maximum Gasteiger partial charge on any atom is 0.220 e. The molecule has 20 heavy (non-hydrogen) atoms. The number of amides is 1. The van der Waals surface area contributed by atoms with Crippen LogP contribution in [0.1, 0.15) is 35.4 Å². The second-order valence-corrected chi connectivity index (χ2v) is 5.61.